The van der Waals surface area contributed by atoms with Gasteiger partial charge in [0.15, 0.2) is 0 Å². The number of carbonyl (C=O) groups is 1. The fraction of sp³-hybridized carbons (Fsp3) is 0.462. The second-order valence-electron chi connectivity index (χ2n) is 4.37. The third-order valence-electron chi connectivity index (χ3n) is 2.37. The molecule has 0 aliphatic carbocycles. The lowest BCUT2D eigenvalue weighted by atomic mass is 10.2. The minimum absolute atomic E-state index is 0.0622. The summed E-state index contributed by atoms with van der Waals surface area (Å²) >= 11 is 0. The summed E-state index contributed by atoms with van der Waals surface area (Å²) in [7, 11) is 0. The van der Waals surface area contributed by atoms with E-state index in [0.29, 0.717) is 24.7 Å². The fourth-order valence-electron chi connectivity index (χ4n) is 1.45. The van der Waals surface area contributed by atoms with E-state index in [4.69, 9.17) is 0 Å². The molecule has 0 aromatic heterocycles. The summed E-state index contributed by atoms with van der Waals surface area (Å²) in [6.45, 7) is 6.47. The van der Waals surface area contributed by atoms with Crippen LogP contribution in [-0.4, -0.2) is 18.5 Å². The van der Waals surface area contributed by atoms with Gasteiger partial charge < -0.3 is 10.6 Å². The third-order valence-corrected chi connectivity index (χ3v) is 2.37. The average Bonchev–Trinajstić information content (AvgIpc) is 2.21. The predicted octanol–water partition coefficient (Wildman–Crippen LogP) is 2.46. The van der Waals surface area contributed by atoms with E-state index >= 15 is 0 Å². The first kappa shape index (κ1) is 13.6. The second kappa shape index (κ2) is 6.35. The van der Waals surface area contributed by atoms with Crippen LogP contribution in [0, 0.1) is 12.7 Å². The molecule has 94 valence electrons. The van der Waals surface area contributed by atoms with Crippen LogP contribution in [0.4, 0.5) is 10.1 Å². The lowest BCUT2D eigenvalue weighted by molar-refractivity contribution is -0.116. The second-order valence-corrected chi connectivity index (χ2v) is 4.37. The smallest absolute Gasteiger partial charge is 0.225 e. The molecule has 0 radical (unpaired) electrons. The van der Waals surface area contributed by atoms with Crippen molar-refractivity contribution in [1.29, 1.82) is 0 Å². The van der Waals surface area contributed by atoms with Gasteiger partial charge in [-0.25, -0.2) is 4.39 Å². The molecule has 0 atom stereocenters. The van der Waals surface area contributed by atoms with Crippen molar-refractivity contribution in [3.8, 4) is 0 Å². The summed E-state index contributed by atoms with van der Waals surface area (Å²) in [5, 5.41) is 5.93. The normalized spacial score (nSPS) is 10.6. The van der Waals surface area contributed by atoms with Crippen molar-refractivity contribution in [3.05, 3.63) is 29.6 Å². The van der Waals surface area contributed by atoms with Crippen LogP contribution in [0.5, 0.6) is 0 Å². The van der Waals surface area contributed by atoms with Gasteiger partial charge in [0.05, 0.1) is 0 Å². The molecule has 1 rings (SSSR count). The number of hydrogen-bond donors (Lipinski definition) is 2. The van der Waals surface area contributed by atoms with Crippen molar-refractivity contribution in [2.45, 2.75) is 33.2 Å². The van der Waals surface area contributed by atoms with Gasteiger partial charge in [-0.1, -0.05) is 13.8 Å². The monoisotopic (exact) mass is 238 g/mol. The lowest BCUT2D eigenvalue weighted by Crippen LogP contribution is -2.27. The number of benzene rings is 1. The predicted molar refractivity (Wildman–Crippen MR) is 67.5 cm³/mol. The summed E-state index contributed by atoms with van der Waals surface area (Å²) in [4.78, 5) is 11.6. The summed E-state index contributed by atoms with van der Waals surface area (Å²) in [6.07, 6.45) is 0.412. The summed E-state index contributed by atoms with van der Waals surface area (Å²) in [5.41, 5.74) is 1.40. The maximum atomic E-state index is 12.9. The van der Waals surface area contributed by atoms with Crippen molar-refractivity contribution in [1.82, 2.24) is 5.32 Å². The highest BCUT2D eigenvalue weighted by Crippen LogP contribution is 2.15. The van der Waals surface area contributed by atoms with Gasteiger partial charge in [-0.3, -0.25) is 4.79 Å². The van der Waals surface area contributed by atoms with Gasteiger partial charge in [0.1, 0.15) is 5.82 Å². The molecule has 4 heteroatoms. The molecule has 0 aliphatic heterocycles. The Morgan fingerprint density at radius 1 is 1.41 bits per heavy atom. The first-order valence-corrected chi connectivity index (χ1v) is 5.78. The van der Waals surface area contributed by atoms with Crippen LogP contribution in [0.25, 0.3) is 0 Å². The van der Waals surface area contributed by atoms with E-state index in [1.165, 1.54) is 12.1 Å². The third kappa shape index (κ3) is 4.95. The highest BCUT2D eigenvalue weighted by Gasteiger charge is 2.05. The number of aryl methyl sites for hydroxylation is 1. The van der Waals surface area contributed by atoms with Gasteiger partial charge >= 0.3 is 0 Å². The van der Waals surface area contributed by atoms with Crippen molar-refractivity contribution >= 4 is 11.6 Å². The molecule has 1 aromatic carbocycles. The van der Waals surface area contributed by atoms with Crippen molar-refractivity contribution in [2.24, 2.45) is 0 Å². The average molecular weight is 238 g/mol. The van der Waals surface area contributed by atoms with Crippen LogP contribution in [0.1, 0.15) is 25.8 Å². The Balaban J connectivity index is 2.45. The molecule has 17 heavy (non-hydrogen) atoms. The van der Waals surface area contributed by atoms with Crippen LogP contribution >= 0.6 is 0 Å². The maximum Gasteiger partial charge on any atom is 0.225 e. The number of carbonyl (C=O) groups excluding carboxylic acids is 1. The van der Waals surface area contributed by atoms with E-state index in [1.54, 1.807) is 13.0 Å². The Bertz CT molecular complexity index is 391. The number of hydrogen-bond acceptors (Lipinski definition) is 2. The molecule has 0 saturated heterocycles. The van der Waals surface area contributed by atoms with E-state index < -0.39 is 0 Å². The van der Waals surface area contributed by atoms with Crippen LogP contribution in [0.15, 0.2) is 18.2 Å². The zero-order chi connectivity index (χ0) is 12.8. The van der Waals surface area contributed by atoms with Gasteiger partial charge in [-0.05, 0) is 30.7 Å². The number of amides is 1. The van der Waals surface area contributed by atoms with E-state index in [1.807, 2.05) is 13.8 Å². The summed E-state index contributed by atoms with van der Waals surface area (Å²) < 4.78 is 12.9. The molecule has 0 fully saturated rings. The Hall–Kier alpha value is -1.42. The van der Waals surface area contributed by atoms with Crippen LogP contribution < -0.4 is 10.6 Å². The molecule has 0 spiro atoms. The molecule has 0 heterocycles. The zero-order valence-electron chi connectivity index (χ0n) is 10.5. The SMILES string of the molecule is Cc1cc(F)ccc1NC(=O)CCNC(C)C. The Kier molecular flexibility index (Phi) is 5.10. The van der Waals surface area contributed by atoms with Gasteiger partial charge in [-0.2, -0.15) is 0 Å². The Labute approximate surface area is 101 Å². The minimum Gasteiger partial charge on any atom is -0.326 e. The molecule has 3 nitrogen and oxygen atoms in total. The molecule has 0 saturated carbocycles. The van der Waals surface area contributed by atoms with Crippen LogP contribution in [-0.2, 0) is 4.79 Å². The standard InChI is InChI=1S/C13H19FN2O/c1-9(2)15-7-6-13(17)16-12-5-4-11(14)8-10(12)3/h4-5,8-9,15H,6-7H2,1-3H3,(H,16,17). The molecule has 0 unspecified atom stereocenters. The Morgan fingerprint density at radius 2 is 2.12 bits per heavy atom. The van der Waals surface area contributed by atoms with Crippen molar-refractivity contribution in [2.75, 3.05) is 11.9 Å². The van der Waals surface area contributed by atoms with E-state index in [0.717, 1.165) is 5.56 Å². The largest absolute Gasteiger partial charge is 0.326 e. The molecule has 2 N–H and O–H groups in total. The first-order chi connectivity index (χ1) is 7.99. The number of nitrogens with one attached hydrogen (secondary N) is 2. The summed E-state index contributed by atoms with van der Waals surface area (Å²) in [6, 6.07) is 4.70. The molecule has 0 aliphatic rings. The number of halogens is 1. The fourth-order valence-corrected chi connectivity index (χ4v) is 1.45. The van der Waals surface area contributed by atoms with Gasteiger partial charge in [0.25, 0.3) is 0 Å². The highest BCUT2D eigenvalue weighted by molar-refractivity contribution is 5.91. The molecular formula is C13H19FN2O. The maximum absolute atomic E-state index is 12.9. The molecular weight excluding hydrogens is 219 g/mol. The van der Waals surface area contributed by atoms with Crippen molar-refractivity contribution in [3.63, 3.8) is 0 Å². The van der Waals surface area contributed by atoms with Crippen molar-refractivity contribution < 1.29 is 9.18 Å². The van der Waals surface area contributed by atoms with E-state index in [2.05, 4.69) is 10.6 Å². The zero-order valence-corrected chi connectivity index (χ0v) is 10.5. The Morgan fingerprint density at radius 3 is 2.71 bits per heavy atom. The quantitative estimate of drug-likeness (QED) is 0.827. The minimum atomic E-state index is -0.290. The van der Waals surface area contributed by atoms with Crippen LogP contribution in [0.2, 0.25) is 0 Å². The van der Waals surface area contributed by atoms with E-state index in [9.17, 15) is 9.18 Å². The van der Waals surface area contributed by atoms with Gasteiger partial charge in [0, 0.05) is 24.7 Å². The lowest BCUT2D eigenvalue weighted by Gasteiger charge is -2.10. The topological polar surface area (TPSA) is 41.1 Å². The molecule has 1 aromatic rings. The summed E-state index contributed by atoms with van der Waals surface area (Å²) in [5.74, 6) is -0.352. The van der Waals surface area contributed by atoms with Gasteiger partial charge in [0.2, 0.25) is 5.91 Å². The molecule has 0 bridgehead atoms. The van der Waals surface area contributed by atoms with Crippen LogP contribution in [0.3, 0.4) is 0 Å². The first-order valence-electron chi connectivity index (χ1n) is 5.78. The number of anilines is 1. The van der Waals surface area contributed by atoms with Gasteiger partial charge in [-0.15, -0.1) is 0 Å². The number of rotatable bonds is 5. The molecule has 1 amide bonds. The van der Waals surface area contributed by atoms with E-state index in [-0.39, 0.29) is 11.7 Å². The highest BCUT2D eigenvalue weighted by atomic mass is 19.1.